The second-order valence-corrected chi connectivity index (χ2v) is 6.73. The molecule has 1 amide bonds. The van der Waals surface area contributed by atoms with Crippen LogP contribution in [0, 0.1) is 0 Å². The van der Waals surface area contributed by atoms with Gasteiger partial charge in [-0.25, -0.2) is 4.79 Å². The minimum Gasteiger partial charge on any atom is -0.445 e. The van der Waals surface area contributed by atoms with Gasteiger partial charge in [-0.1, -0.05) is 38.1 Å². The molecule has 0 aromatic heterocycles. The van der Waals surface area contributed by atoms with Gasteiger partial charge in [-0.3, -0.25) is 4.55 Å². The topological polar surface area (TPSA) is 83.9 Å². The molecule has 0 radical (unpaired) electrons. The molecule has 0 heterocycles. The van der Waals surface area contributed by atoms with Crippen LogP contribution < -0.4 is 0 Å². The third-order valence-corrected chi connectivity index (χ3v) is 3.67. The standard InChI is InChI=1S/C14H21NO5S/c1-11(2)13-6-4-5-12(9-13)10-20-14(16)15(3)7-8-21(17,18)19/h4-6,9,11H,7-8,10H2,1-3H3,(H,17,18,19). The molecule has 0 saturated heterocycles. The Balaban J connectivity index is 2.51. The van der Waals surface area contributed by atoms with Crippen LogP contribution in [-0.4, -0.2) is 43.3 Å². The minimum atomic E-state index is -4.08. The number of hydrogen-bond donors (Lipinski definition) is 1. The van der Waals surface area contributed by atoms with Crippen molar-refractivity contribution in [2.75, 3.05) is 19.3 Å². The summed E-state index contributed by atoms with van der Waals surface area (Å²) in [7, 11) is -2.67. The van der Waals surface area contributed by atoms with E-state index < -0.39 is 22.0 Å². The van der Waals surface area contributed by atoms with Crippen LogP contribution in [0.2, 0.25) is 0 Å². The van der Waals surface area contributed by atoms with Crippen molar-refractivity contribution in [3.63, 3.8) is 0 Å². The summed E-state index contributed by atoms with van der Waals surface area (Å²) in [6, 6.07) is 7.74. The number of amides is 1. The predicted molar refractivity (Wildman–Crippen MR) is 79.8 cm³/mol. The molecule has 1 aromatic rings. The van der Waals surface area contributed by atoms with Gasteiger partial charge >= 0.3 is 6.09 Å². The zero-order valence-electron chi connectivity index (χ0n) is 12.4. The predicted octanol–water partition coefficient (Wildman–Crippen LogP) is 2.27. The average Bonchev–Trinajstić information content (AvgIpc) is 2.41. The average molecular weight is 315 g/mol. The Morgan fingerprint density at radius 2 is 2.05 bits per heavy atom. The van der Waals surface area contributed by atoms with Crippen molar-refractivity contribution in [3.05, 3.63) is 35.4 Å². The van der Waals surface area contributed by atoms with Crippen molar-refractivity contribution in [2.24, 2.45) is 0 Å². The molecule has 6 nitrogen and oxygen atoms in total. The maximum Gasteiger partial charge on any atom is 0.409 e. The van der Waals surface area contributed by atoms with E-state index in [9.17, 15) is 13.2 Å². The van der Waals surface area contributed by atoms with Gasteiger partial charge in [-0.05, 0) is 17.0 Å². The van der Waals surface area contributed by atoms with Crippen LogP contribution in [0.5, 0.6) is 0 Å². The molecule has 0 atom stereocenters. The highest BCUT2D eigenvalue weighted by atomic mass is 32.2. The first kappa shape index (κ1) is 17.5. The van der Waals surface area contributed by atoms with Crippen LogP contribution in [0.4, 0.5) is 4.79 Å². The quantitative estimate of drug-likeness (QED) is 0.814. The lowest BCUT2D eigenvalue weighted by molar-refractivity contribution is 0.106. The fourth-order valence-electron chi connectivity index (χ4n) is 1.64. The number of carbonyl (C=O) groups excluding carboxylic acids is 1. The van der Waals surface area contributed by atoms with Gasteiger partial charge in [0.15, 0.2) is 0 Å². The Morgan fingerprint density at radius 3 is 2.62 bits per heavy atom. The first-order valence-corrected chi connectivity index (χ1v) is 8.22. The highest BCUT2D eigenvalue weighted by Gasteiger charge is 2.14. The summed E-state index contributed by atoms with van der Waals surface area (Å²) in [6.07, 6.45) is -0.631. The van der Waals surface area contributed by atoms with Gasteiger partial charge in [0.25, 0.3) is 10.1 Å². The Labute approximate surface area is 125 Å². The van der Waals surface area contributed by atoms with Gasteiger partial charge in [0.2, 0.25) is 0 Å². The molecular formula is C14H21NO5S. The van der Waals surface area contributed by atoms with Gasteiger partial charge in [0.1, 0.15) is 6.61 Å². The Morgan fingerprint density at radius 1 is 1.38 bits per heavy atom. The number of rotatable bonds is 6. The largest absolute Gasteiger partial charge is 0.445 e. The van der Waals surface area contributed by atoms with Crippen molar-refractivity contribution in [1.29, 1.82) is 0 Å². The number of hydrogen-bond acceptors (Lipinski definition) is 4. The third kappa shape index (κ3) is 6.59. The number of benzene rings is 1. The van der Waals surface area contributed by atoms with E-state index in [4.69, 9.17) is 9.29 Å². The molecular weight excluding hydrogens is 294 g/mol. The summed E-state index contributed by atoms with van der Waals surface area (Å²) in [5, 5.41) is 0. The molecule has 0 bridgehead atoms. The van der Waals surface area contributed by atoms with E-state index in [0.717, 1.165) is 16.0 Å². The van der Waals surface area contributed by atoms with Gasteiger partial charge in [0, 0.05) is 13.6 Å². The van der Waals surface area contributed by atoms with Crippen LogP contribution >= 0.6 is 0 Å². The lowest BCUT2D eigenvalue weighted by atomic mass is 10.0. The Kier molecular flexibility index (Phi) is 6.17. The van der Waals surface area contributed by atoms with Gasteiger partial charge in [-0.2, -0.15) is 8.42 Å². The zero-order chi connectivity index (χ0) is 16.0. The van der Waals surface area contributed by atoms with Crippen molar-refractivity contribution in [2.45, 2.75) is 26.4 Å². The van der Waals surface area contributed by atoms with Crippen LogP contribution in [0.25, 0.3) is 0 Å². The normalized spacial score (nSPS) is 11.5. The first-order chi connectivity index (χ1) is 9.69. The zero-order valence-corrected chi connectivity index (χ0v) is 13.3. The van der Waals surface area contributed by atoms with Crippen LogP contribution in [0.1, 0.15) is 30.9 Å². The molecule has 21 heavy (non-hydrogen) atoms. The van der Waals surface area contributed by atoms with E-state index in [1.807, 2.05) is 24.3 Å². The van der Waals surface area contributed by atoms with Crippen LogP contribution in [-0.2, 0) is 21.5 Å². The van der Waals surface area contributed by atoms with E-state index in [1.165, 1.54) is 7.05 Å². The number of carbonyl (C=O) groups is 1. The first-order valence-electron chi connectivity index (χ1n) is 6.61. The van der Waals surface area contributed by atoms with E-state index in [-0.39, 0.29) is 13.2 Å². The summed E-state index contributed by atoms with van der Waals surface area (Å²) in [5.41, 5.74) is 2.03. The molecule has 118 valence electrons. The second-order valence-electron chi connectivity index (χ2n) is 5.16. The maximum atomic E-state index is 11.7. The molecule has 0 spiro atoms. The summed E-state index contributed by atoms with van der Waals surface area (Å²) < 4.78 is 35.0. The van der Waals surface area contributed by atoms with Crippen molar-refractivity contribution in [3.8, 4) is 0 Å². The lowest BCUT2D eigenvalue weighted by Crippen LogP contribution is -2.31. The van der Waals surface area contributed by atoms with Crippen LogP contribution in [0.3, 0.4) is 0 Å². The highest BCUT2D eigenvalue weighted by Crippen LogP contribution is 2.16. The molecule has 1 aromatic carbocycles. The smallest absolute Gasteiger partial charge is 0.409 e. The molecule has 0 aliphatic rings. The SMILES string of the molecule is CC(C)c1cccc(COC(=O)N(C)CCS(=O)(=O)O)c1. The van der Waals surface area contributed by atoms with Gasteiger partial charge in [-0.15, -0.1) is 0 Å². The molecule has 1 N–H and O–H groups in total. The molecule has 0 aliphatic carbocycles. The third-order valence-electron chi connectivity index (χ3n) is 2.98. The van der Waals surface area contributed by atoms with Crippen LogP contribution in [0.15, 0.2) is 24.3 Å². The van der Waals surface area contributed by atoms with Crippen molar-refractivity contribution < 1.29 is 22.5 Å². The van der Waals surface area contributed by atoms with E-state index >= 15 is 0 Å². The van der Waals surface area contributed by atoms with E-state index in [1.54, 1.807) is 0 Å². The fraction of sp³-hybridized carbons (Fsp3) is 0.500. The molecule has 0 unspecified atom stereocenters. The molecule has 0 saturated carbocycles. The van der Waals surface area contributed by atoms with Crippen molar-refractivity contribution >= 4 is 16.2 Å². The van der Waals surface area contributed by atoms with E-state index in [0.29, 0.717) is 5.92 Å². The second kappa shape index (κ2) is 7.42. The Hall–Kier alpha value is -1.60. The molecule has 0 fully saturated rings. The molecule has 7 heteroatoms. The summed E-state index contributed by atoms with van der Waals surface area (Å²) in [6.45, 7) is 4.15. The fourth-order valence-corrected chi connectivity index (χ4v) is 2.15. The molecule has 0 aliphatic heterocycles. The monoisotopic (exact) mass is 315 g/mol. The summed E-state index contributed by atoms with van der Waals surface area (Å²) in [5.74, 6) is -0.125. The van der Waals surface area contributed by atoms with Gasteiger partial charge in [0.05, 0.1) is 5.75 Å². The number of nitrogens with zero attached hydrogens (tertiary/aromatic N) is 1. The highest BCUT2D eigenvalue weighted by molar-refractivity contribution is 7.85. The van der Waals surface area contributed by atoms with Crippen molar-refractivity contribution in [1.82, 2.24) is 4.90 Å². The lowest BCUT2D eigenvalue weighted by Gasteiger charge is -2.16. The molecule has 1 rings (SSSR count). The minimum absolute atomic E-state index is 0.121. The maximum absolute atomic E-state index is 11.7. The summed E-state index contributed by atoms with van der Waals surface area (Å²) in [4.78, 5) is 12.8. The van der Waals surface area contributed by atoms with E-state index in [2.05, 4.69) is 13.8 Å². The summed E-state index contributed by atoms with van der Waals surface area (Å²) >= 11 is 0. The van der Waals surface area contributed by atoms with Gasteiger partial charge < -0.3 is 9.64 Å². The number of ether oxygens (including phenoxy) is 1. The Bertz CT molecular complexity index is 583.